The minimum atomic E-state index is 0.359. The van der Waals surface area contributed by atoms with E-state index in [0.717, 1.165) is 26.1 Å². The summed E-state index contributed by atoms with van der Waals surface area (Å²) in [5.41, 5.74) is 0. The molecule has 1 amide bonds. The maximum Gasteiger partial charge on any atom is 0.222 e. The number of hydrogen-bond acceptors (Lipinski definition) is 2. The summed E-state index contributed by atoms with van der Waals surface area (Å²) in [4.78, 5) is 13.7. The zero-order valence-corrected chi connectivity index (χ0v) is 8.96. The van der Waals surface area contributed by atoms with Crippen molar-refractivity contribution in [2.75, 3.05) is 19.6 Å². The van der Waals surface area contributed by atoms with Crippen molar-refractivity contribution in [2.45, 2.75) is 38.6 Å². The average Bonchev–Trinajstić information content (AvgIpc) is 2.62. The molecule has 3 heteroatoms. The number of amides is 1. The van der Waals surface area contributed by atoms with Gasteiger partial charge >= 0.3 is 0 Å². The predicted molar refractivity (Wildman–Crippen MR) is 56.0 cm³/mol. The first-order chi connectivity index (χ1) is 6.75. The summed E-state index contributed by atoms with van der Waals surface area (Å²) < 4.78 is 0. The van der Waals surface area contributed by atoms with Crippen molar-refractivity contribution in [3.8, 4) is 0 Å². The molecule has 3 nitrogen and oxygen atoms in total. The highest BCUT2D eigenvalue weighted by Crippen LogP contribution is 2.18. The van der Waals surface area contributed by atoms with Gasteiger partial charge in [-0.1, -0.05) is 6.92 Å². The molecule has 0 aromatic rings. The van der Waals surface area contributed by atoms with E-state index in [0.29, 0.717) is 17.9 Å². The van der Waals surface area contributed by atoms with E-state index in [1.807, 2.05) is 4.90 Å². The molecule has 14 heavy (non-hydrogen) atoms. The van der Waals surface area contributed by atoms with E-state index in [9.17, 15) is 4.79 Å². The number of piperidine rings is 1. The number of carbonyl (C=O) groups is 1. The van der Waals surface area contributed by atoms with Crippen molar-refractivity contribution in [2.24, 2.45) is 5.92 Å². The topological polar surface area (TPSA) is 32.3 Å². The van der Waals surface area contributed by atoms with Gasteiger partial charge in [-0.15, -0.1) is 0 Å². The summed E-state index contributed by atoms with van der Waals surface area (Å²) in [6, 6.07) is 0.562. The third-order valence-corrected chi connectivity index (χ3v) is 3.37. The SMILES string of the molecule is CC1CCN(CC2CCCN2)C(=O)C1. The molecule has 80 valence electrons. The van der Waals surface area contributed by atoms with Crippen LogP contribution in [0.15, 0.2) is 0 Å². The molecular weight excluding hydrogens is 176 g/mol. The second-order valence-corrected chi connectivity index (χ2v) is 4.73. The summed E-state index contributed by atoms with van der Waals surface area (Å²) in [6.07, 6.45) is 4.44. The molecule has 0 aliphatic carbocycles. The van der Waals surface area contributed by atoms with E-state index < -0.39 is 0 Å². The molecule has 0 aromatic heterocycles. The summed E-state index contributed by atoms with van der Waals surface area (Å²) in [5, 5.41) is 3.44. The van der Waals surface area contributed by atoms with Crippen LogP contribution >= 0.6 is 0 Å². The lowest BCUT2D eigenvalue weighted by Gasteiger charge is -2.32. The molecule has 1 N–H and O–H groups in total. The standard InChI is InChI=1S/C11H20N2O/c1-9-4-6-13(11(14)7-9)8-10-3-2-5-12-10/h9-10,12H,2-8H2,1H3. The lowest BCUT2D eigenvalue weighted by Crippen LogP contribution is -2.44. The Balaban J connectivity index is 1.82. The van der Waals surface area contributed by atoms with Gasteiger partial charge in [0.1, 0.15) is 0 Å². The molecule has 2 saturated heterocycles. The van der Waals surface area contributed by atoms with Crippen LogP contribution in [0.3, 0.4) is 0 Å². The van der Waals surface area contributed by atoms with Gasteiger partial charge in [0.05, 0.1) is 0 Å². The molecule has 0 aromatic carbocycles. The highest BCUT2D eigenvalue weighted by Gasteiger charge is 2.26. The normalized spacial score (nSPS) is 33.8. The third-order valence-electron chi connectivity index (χ3n) is 3.37. The van der Waals surface area contributed by atoms with E-state index in [1.165, 1.54) is 19.3 Å². The third kappa shape index (κ3) is 2.27. The monoisotopic (exact) mass is 196 g/mol. The van der Waals surface area contributed by atoms with Crippen molar-refractivity contribution in [1.29, 1.82) is 0 Å². The molecule has 2 fully saturated rings. The van der Waals surface area contributed by atoms with Gasteiger partial charge in [0.2, 0.25) is 5.91 Å². The van der Waals surface area contributed by atoms with E-state index in [-0.39, 0.29) is 0 Å². The second kappa shape index (κ2) is 4.30. The first-order valence-corrected chi connectivity index (χ1v) is 5.77. The smallest absolute Gasteiger partial charge is 0.222 e. The minimum absolute atomic E-state index is 0.359. The van der Waals surface area contributed by atoms with Gasteiger partial charge in [-0.2, -0.15) is 0 Å². The van der Waals surface area contributed by atoms with Crippen LogP contribution in [0.4, 0.5) is 0 Å². The fraction of sp³-hybridized carbons (Fsp3) is 0.909. The van der Waals surface area contributed by atoms with Gasteiger partial charge in [-0.05, 0) is 31.7 Å². The number of rotatable bonds is 2. The molecular formula is C11H20N2O. The quantitative estimate of drug-likeness (QED) is 0.714. The first-order valence-electron chi connectivity index (χ1n) is 5.77. The summed E-state index contributed by atoms with van der Waals surface area (Å²) >= 11 is 0. The Bertz CT molecular complexity index is 211. The number of nitrogens with one attached hydrogen (secondary N) is 1. The van der Waals surface area contributed by atoms with Crippen LogP contribution in [0.1, 0.15) is 32.6 Å². The van der Waals surface area contributed by atoms with Gasteiger partial charge in [0.15, 0.2) is 0 Å². The molecule has 0 saturated carbocycles. The molecule has 0 radical (unpaired) electrons. The highest BCUT2D eigenvalue weighted by atomic mass is 16.2. The van der Waals surface area contributed by atoms with Gasteiger partial charge in [0, 0.05) is 25.6 Å². The number of likely N-dealkylation sites (tertiary alicyclic amines) is 1. The van der Waals surface area contributed by atoms with Crippen molar-refractivity contribution < 1.29 is 4.79 Å². The second-order valence-electron chi connectivity index (χ2n) is 4.73. The molecule has 2 heterocycles. The largest absolute Gasteiger partial charge is 0.341 e. The van der Waals surface area contributed by atoms with Crippen LogP contribution in [-0.4, -0.2) is 36.5 Å². The Morgan fingerprint density at radius 1 is 1.50 bits per heavy atom. The average molecular weight is 196 g/mol. The van der Waals surface area contributed by atoms with Crippen molar-refractivity contribution >= 4 is 5.91 Å². The fourth-order valence-electron chi connectivity index (χ4n) is 2.40. The Hall–Kier alpha value is -0.570. The number of carbonyl (C=O) groups excluding carboxylic acids is 1. The van der Waals surface area contributed by atoms with Crippen LogP contribution in [0.5, 0.6) is 0 Å². The molecule has 2 rings (SSSR count). The Labute approximate surface area is 85.8 Å². The van der Waals surface area contributed by atoms with Crippen molar-refractivity contribution in [3.05, 3.63) is 0 Å². The lowest BCUT2D eigenvalue weighted by atomic mass is 9.98. The molecule has 2 unspecified atom stereocenters. The summed E-state index contributed by atoms with van der Waals surface area (Å²) in [6.45, 7) is 5.20. The van der Waals surface area contributed by atoms with Crippen molar-refractivity contribution in [3.63, 3.8) is 0 Å². The number of hydrogen-bond donors (Lipinski definition) is 1. The van der Waals surface area contributed by atoms with Crippen molar-refractivity contribution in [1.82, 2.24) is 10.2 Å². The molecule has 0 spiro atoms. The zero-order valence-electron chi connectivity index (χ0n) is 8.96. The summed E-state index contributed by atoms with van der Waals surface area (Å²) in [7, 11) is 0. The first kappa shape index (κ1) is 9.97. The van der Waals surface area contributed by atoms with Gasteiger partial charge < -0.3 is 10.2 Å². The van der Waals surface area contributed by atoms with E-state index in [2.05, 4.69) is 12.2 Å². The minimum Gasteiger partial charge on any atom is -0.341 e. The zero-order chi connectivity index (χ0) is 9.97. The van der Waals surface area contributed by atoms with Gasteiger partial charge in [0.25, 0.3) is 0 Å². The molecule has 2 atom stereocenters. The van der Waals surface area contributed by atoms with Gasteiger partial charge in [-0.3, -0.25) is 4.79 Å². The van der Waals surface area contributed by atoms with Crippen LogP contribution in [-0.2, 0) is 4.79 Å². The van der Waals surface area contributed by atoms with E-state index in [1.54, 1.807) is 0 Å². The van der Waals surface area contributed by atoms with E-state index >= 15 is 0 Å². The molecule has 2 aliphatic heterocycles. The fourth-order valence-corrected chi connectivity index (χ4v) is 2.40. The molecule has 2 aliphatic rings. The maximum absolute atomic E-state index is 11.7. The maximum atomic E-state index is 11.7. The Morgan fingerprint density at radius 2 is 2.36 bits per heavy atom. The highest BCUT2D eigenvalue weighted by molar-refractivity contribution is 5.77. The van der Waals surface area contributed by atoms with Crippen LogP contribution < -0.4 is 5.32 Å². The predicted octanol–water partition coefficient (Wildman–Crippen LogP) is 0.997. The van der Waals surface area contributed by atoms with Crippen LogP contribution in [0, 0.1) is 5.92 Å². The molecule has 0 bridgehead atoms. The van der Waals surface area contributed by atoms with Crippen LogP contribution in [0.25, 0.3) is 0 Å². The Kier molecular flexibility index (Phi) is 3.06. The van der Waals surface area contributed by atoms with E-state index in [4.69, 9.17) is 0 Å². The lowest BCUT2D eigenvalue weighted by molar-refractivity contribution is -0.135. The summed E-state index contributed by atoms with van der Waals surface area (Å²) in [5.74, 6) is 0.952. The number of nitrogens with zero attached hydrogens (tertiary/aromatic N) is 1. The Morgan fingerprint density at radius 3 is 3.00 bits per heavy atom. The van der Waals surface area contributed by atoms with Gasteiger partial charge in [-0.25, -0.2) is 0 Å². The van der Waals surface area contributed by atoms with Crippen LogP contribution in [0.2, 0.25) is 0 Å².